The van der Waals surface area contributed by atoms with Gasteiger partial charge in [0.05, 0.1) is 6.61 Å². The molecule has 5 nitrogen and oxygen atoms in total. The van der Waals surface area contributed by atoms with Gasteiger partial charge in [0.25, 0.3) is 5.91 Å². The molecule has 2 N–H and O–H groups in total. The van der Waals surface area contributed by atoms with Crippen molar-refractivity contribution in [3.63, 3.8) is 0 Å². The first kappa shape index (κ1) is 15.7. The van der Waals surface area contributed by atoms with Gasteiger partial charge in [-0.05, 0) is 17.7 Å². The third-order valence-corrected chi connectivity index (χ3v) is 3.31. The van der Waals surface area contributed by atoms with Crippen molar-refractivity contribution in [3.8, 4) is 0 Å². The van der Waals surface area contributed by atoms with Gasteiger partial charge in [-0.15, -0.1) is 0 Å². The molecule has 2 rings (SSSR count). The topological polar surface area (TPSA) is 77.8 Å². The summed E-state index contributed by atoms with van der Waals surface area (Å²) in [5.41, 5.74) is 1.18. The third-order valence-electron chi connectivity index (χ3n) is 3.31. The van der Waals surface area contributed by atoms with Crippen LogP contribution in [0.15, 0.2) is 60.7 Å². The molecule has 0 aliphatic heterocycles. The van der Waals surface area contributed by atoms with E-state index in [2.05, 4.69) is 0 Å². The molecule has 5 heteroatoms. The van der Waals surface area contributed by atoms with E-state index in [9.17, 15) is 19.8 Å². The van der Waals surface area contributed by atoms with Gasteiger partial charge < -0.3 is 15.1 Å². The molecule has 1 unspecified atom stereocenters. The Bertz CT molecular complexity index is 628. The molecule has 0 bridgehead atoms. The first-order chi connectivity index (χ1) is 10.6. The Kier molecular flexibility index (Phi) is 5.27. The number of carboxylic acids is 1. The minimum Gasteiger partial charge on any atom is -0.480 e. The zero-order valence-electron chi connectivity index (χ0n) is 11.9. The second-order valence-electron chi connectivity index (χ2n) is 4.82. The van der Waals surface area contributed by atoms with Crippen LogP contribution in [0.3, 0.4) is 0 Å². The molecule has 2 aromatic carbocycles. The summed E-state index contributed by atoms with van der Waals surface area (Å²) in [5.74, 6) is -1.66. The molecular weight excluding hydrogens is 282 g/mol. The second kappa shape index (κ2) is 7.38. The number of amides is 1. The summed E-state index contributed by atoms with van der Waals surface area (Å²) in [7, 11) is 0. The van der Waals surface area contributed by atoms with E-state index in [1.807, 2.05) is 30.3 Å². The number of aliphatic carboxylic acids is 1. The van der Waals surface area contributed by atoms with Crippen molar-refractivity contribution in [1.29, 1.82) is 0 Å². The number of hydrogen-bond acceptors (Lipinski definition) is 3. The second-order valence-corrected chi connectivity index (χ2v) is 4.82. The van der Waals surface area contributed by atoms with Gasteiger partial charge in [-0.2, -0.15) is 0 Å². The molecule has 1 atom stereocenters. The monoisotopic (exact) mass is 299 g/mol. The van der Waals surface area contributed by atoms with E-state index in [1.54, 1.807) is 30.3 Å². The Morgan fingerprint density at radius 2 is 1.50 bits per heavy atom. The lowest BCUT2D eigenvalue weighted by atomic mass is 10.1. The molecule has 0 aliphatic carbocycles. The van der Waals surface area contributed by atoms with E-state index >= 15 is 0 Å². The summed E-state index contributed by atoms with van der Waals surface area (Å²) >= 11 is 0. The van der Waals surface area contributed by atoms with Crippen molar-refractivity contribution in [1.82, 2.24) is 4.90 Å². The van der Waals surface area contributed by atoms with Gasteiger partial charge in [-0.1, -0.05) is 48.5 Å². The van der Waals surface area contributed by atoms with Gasteiger partial charge >= 0.3 is 5.97 Å². The summed E-state index contributed by atoms with van der Waals surface area (Å²) in [6.45, 7) is -0.521. The Labute approximate surface area is 128 Å². The van der Waals surface area contributed by atoms with Crippen molar-refractivity contribution < 1.29 is 19.8 Å². The summed E-state index contributed by atoms with van der Waals surface area (Å²) in [6, 6.07) is 16.2. The number of aliphatic hydroxyl groups is 1. The van der Waals surface area contributed by atoms with Crippen LogP contribution in [-0.4, -0.2) is 39.6 Å². The molecule has 0 fully saturated rings. The average Bonchev–Trinajstić information content (AvgIpc) is 2.55. The number of aliphatic hydroxyl groups excluding tert-OH is 1. The molecule has 0 aromatic heterocycles. The summed E-state index contributed by atoms with van der Waals surface area (Å²) in [6.07, 6.45) is 0. The number of benzene rings is 2. The van der Waals surface area contributed by atoms with E-state index in [1.165, 1.54) is 4.90 Å². The molecule has 0 saturated carbocycles. The normalized spacial score (nSPS) is 11.7. The fraction of sp³-hybridized carbons (Fsp3) is 0.176. The van der Waals surface area contributed by atoms with Crippen molar-refractivity contribution in [3.05, 3.63) is 71.8 Å². The Morgan fingerprint density at radius 3 is 2.00 bits per heavy atom. The molecule has 0 radical (unpaired) electrons. The summed E-state index contributed by atoms with van der Waals surface area (Å²) in [4.78, 5) is 25.1. The van der Waals surface area contributed by atoms with E-state index in [0.29, 0.717) is 5.56 Å². The third kappa shape index (κ3) is 3.71. The number of carbonyl (C=O) groups excluding carboxylic acids is 1. The van der Waals surface area contributed by atoms with Gasteiger partial charge in [0.2, 0.25) is 0 Å². The highest BCUT2D eigenvalue weighted by molar-refractivity contribution is 5.96. The van der Waals surface area contributed by atoms with Crippen LogP contribution in [0.5, 0.6) is 0 Å². The van der Waals surface area contributed by atoms with Gasteiger partial charge in [0.1, 0.15) is 0 Å². The van der Waals surface area contributed by atoms with Crippen LogP contribution >= 0.6 is 0 Å². The van der Waals surface area contributed by atoms with Crippen molar-refractivity contribution in [2.24, 2.45) is 0 Å². The largest absolute Gasteiger partial charge is 0.480 e. The van der Waals surface area contributed by atoms with Crippen LogP contribution in [0.4, 0.5) is 0 Å². The molecule has 1 amide bonds. The average molecular weight is 299 g/mol. The molecular formula is C17H17NO4. The molecule has 22 heavy (non-hydrogen) atoms. The Morgan fingerprint density at radius 1 is 0.955 bits per heavy atom. The lowest BCUT2D eigenvalue weighted by Crippen LogP contribution is -2.46. The van der Waals surface area contributed by atoms with Gasteiger partial charge in [0.15, 0.2) is 6.04 Å². The van der Waals surface area contributed by atoms with Crippen LogP contribution in [0.25, 0.3) is 0 Å². The maximum absolute atomic E-state index is 12.6. The number of nitrogens with zero attached hydrogens (tertiary/aromatic N) is 1. The summed E-state index contributed by atoms with van der Waals surface area (Å²) in [5, 5.41) is 18.6. The number of carboxylic acid groups (broad SMARTS) is 1. The first-order valence-corrected chi connectivity index (χ1v) is 6.87. The minimum absolute atomic E-state index is 0.117. The number of hydrogen-bond donors (Lipinski definition) is 2. The Balaban J connectivity index is 2.32. The van der Waals surface area contributed by atoms with E-state index < -0.39 is 24.5 Å². The minimum atomic E-state index is -1.28. The lowest BCUT2D eigenvalue weighted by molar-refractivity contribution is -0.144. The zero-order valence-corrected chi connectivity index (χ0v) is 11.9. The molecule has 0 aliphatic rings. The quantitative estimate of drug-likeness (QED) is 0.852. The fourth-order valence-electron chi connectivity index (χ4n) is 2.16. The van der Waals surface area contributed by atoms with Crippen molar-refractivity contribution in [2.75, 3.05) is 6.61 Å². The SMILES string of the molecule is O=C(O)C(CO)N(Cc1ccccc1)C(=O)c1ccccc1. The summed E-state index contributed by atoms with van der Waals surface area (Å²) < 4.78 is 0. The van der Waals surface area contributed by atoms with Gasteiger partial charge in [-0.3, -0.25) is 4.79 Å². The highest BCUT2D eigenvalue weighted by Crippen LogP contribution is 2.14. The van der Waals surface area contributed by atoms with E-state index in [0.717, 1.165) is 5.56 Å². The highest BCUT2D eigenvalue weighted by Gasteiger charge is 2.29. The van der Waals surface area contributed by atoms with Gasteiger partial charge in [-0.25, -0.2) is 4.79 Å². The van der Waals surface area contributed by atoms with E-state index in [4.69, 9.17) is 0 Å². The maximum Gasteiger partial charge on any atom is 0.328 e. The van der Waals surface area contributed by atoms with Crippen LogP contribution in [-0.2, 0) is 11.3 Å². The predicted octanol–water partition coefficient (Wildman–Crippen LogP) is 1.77. The van der Waals surface area contributed by atoms with Gasteiger partial charge in [0, 0.05) is 12.1 Å². The van der Waals surface area contributed by atoms with Crippen LogP contribution in [0.2, 0.25) is 0 Å². The van der Waals surface area contributed by atoms with E-state index in [-0.39, 0.29) is 6.54 Å². The van der Waals surface area contributed by atoms with Crippen molar-refractivity contribution in [2.45, 2.75) is 12.6 Å². The van der Waals surface area contributed by atoms with Crippen LogP contribution < -0.4 is 0 Å². The van der Waals surface area contributed by atoms with Crippen LogP contribution in [0, 0.1) is 0 Å². The Hall–Kier alpha value is -2.66. The predicted molar refractivity (Wildman–Crippen MR) is 81.3 cm³/mol. The lowest BCUT2D eigenvalue weighted by Gasteiger charge is -2.28. The fourth-order valence-corrected chi connectivity index (χ4v) is 2.16. The maximum atomic E-state index is 12.6. The highest BCUT2D eigenvalue weighted by atomic mass is 16.4. The zero-order chi connectivity index (χ0) is 15.9. The molecule has 0 heterocycles. The molecule has 114 valence electrons. The van der Waals surface area contributed by atoms with Crippen LogP contribution in [0.1, 0.15) is 15.9 Å². The van der Waals surface area contributed by atoms with Crippen molar-refractivity contribution >= 4 is 11.9 Å². The smallest absolute Gasteiger partial charge is 0.328 e. The molecule has 0 spiro atoms. The number of carbonyl (C=O) groups is 2. The number of rotatable bonds is 6. The molecule has 2 aromatic rings. The molecule has 0 saturated heterocycles. The first-order valence-electron chi connectivity index (χ1n) is 6.87. The standard InChI is InChI=1S/C17H17NO4/c19-12-15(17(21)22)18(11-13-7-3-1-4-8-13)16(20)14-9-5-2-6-10-14/h1-10,15,19H,11-12H2,(H,21,22).